The van der Waals surface area contributed by atoms with Gasteiger partial charge < -0.3 is 10.2 Å². The molecule has 3 rings (SSSR count). The zero-order chi connectivity index (χ0) is 13.4. The summed E-state index contributed by atoms with van der Waals surface area (Å²) in [5.74, 6) is 0.918. The maximum Gasteiger partial charge on any atom is 0.240 e. The van der Waals surface area contributed by atoms with Crippen molar-refractivity contribution in [2.75, 3.05) is 6.54 Å². The van der Waals surface area contributed by atoms with Crippen LogP contribution in [0.5, 0.6) is 0 Å². The first-order chi connectivity index (χ1) is 9.15. The first kappa shape index (κ1) is 12.7. The molecule has 1 saturated heterocycles. The molecule has 19 heavy (non-hydrogen) atoms. The van der Waals surface area contributed by atoms with E-state index >= 15 is 0 Å². The van der Waals surface area contributed by atoms with Crippen molar-refractivity contribution in [2.45, 2.75) is 45.3 Å². The number of likely N-dealkylation sites (tertiary alicyclic amines) is 1. The first-order valence-electron chi connectivity index (χ1n) is 7.26. The fraction of sp³-hybridized carbons (Fsp3) is 0.562. The highest BCUT2D eigenvalue weighted by atomic mass is 16.2. The molecular weight excluding hydrogens is 236 g/mol. The molecule has 3 atom stereocenters. The van der Waals surface area contributed by atoms with Crippen LogP contribution in [0.4, 0.5) is 0 Å². The lowest BCUT2D eigenvalue weighted by Gasteiger charge is -2.31. The van der Waals surface area contributed by atoms with E-state index < -0.39 is 0 Å². The number of rotatable bonds is 1. The van der Waals surface area contributed by atoms with Crippen molar-refractivity contribution in [1.82, 2.24) is 10.2 Å². The average molecular weight is 258 g/mol. The summed E-state index contributed by atoms with van der Waals surface area (Å²) >= 11 is 0. The molecule has 2 unspecified atom stereocenters. The Morgan fingerprint density at radius 2 is 2.00 bits per heavy atom. The van der Waals surface area contributed by atoms with Crippen molar-refractivity contribution in [3.05, 3.63) is 35.4 Å². The molecule has 102 valence electrons. The molecule has 1 amide bonds. The van der Waals surface area contributed by atoms with E-state index in [1.807, 2.05) is 0 Å². The Balaban J connectivity index is 1.73. The van der Waals surface area contributed by atoms with Crippen molar-refractivity contribution >= 4 is 5.91 Å². The van der Waals surface area contributed by atoms with Crippen LogP contribution in [0.3, 0.4) is 0 Å². The van der Waals surface area contributed by atoms with Crippen molar-refractivity contribution in [1.29, 1.82) is 0 Å². The minimum absolute atomic E-state index is 0.0392. The van der Waals surface area contributed by atoms with Crippen molar-refractivity contribution in [2.24, 2.45) is 5.92 Å². The van der Waals surface area contributed by atoms with E-state index in [4.69, 9.17) is 0 Å². The van der Waals surface area contributed by atoms with Crippen LogP contribution in [0.15, 0.2) is 24.3 Å². The highest BCUT2D eigenvalue weighted by molar-refractivity contribution is 5.83. The third kappa shape index (κ3) is 2.39. The SMILES string of the molecule is CC1CC(C)N(C(=O)[C@H]2Cc3ccccc3CN2)C1. The number of carbonyl (C=O) groups excluding carboxylic acids is 1. The number of nitrogens with one attached hydrogen (secondary N) is 1. The van der Waals surface area contributed by atoms with E-state index in [1.54, 1.807) is 0 Å². The van der Waals surface area contributed by atoms with Gasteiger partial charge in [0.15, 0.2) is 0 Å². The average Bonchev–Trinajstić information content (AvgIpc) is 2.76. The largest absolute Gasteiger partial charge is 0.338 e. The molecule has 0 bridgehead atoms. The molecule has 1 aromatic carbocycles. The van der Waals surface area contributed by atoms with E-state index in [9.17, 15) is 4.79 Å². The van der Waals surface area contributed by atoms with Crippen LogP contribution in [0.2, 0.25) is 0 Å². The van der Waals surface area contributed by atoms with E-state index in [-0.39, 0.29) is 11.9 Å². The van der Waals surface area contributed by atoms with Gasteiger partial charge in [0.05, 0.1) is 6.04 Å². The normalized spacial score (nSPS) is 30.2. The summed E-state index contributed by atoms with van der Waals surface area (Å²) in [5.41, 5.74) is 2.65. The molecule has 2 aliphatic heterocycles. The number of nitrogens with zero attached hydrogens (tertiary/aromatic N) is 1. The predicted molar refractivity (Wildman–Crippen MR) is 75.7 cm³/mol. The van der Waals surface area contributed by atoms with Gasteiger partial charge in [-0.25, -0.2) is 0 Å². The Kier molecular flexibility index (Phi) is 3.31. The molecule has 0 aliphatic carbocycles. The monoisotopic (exact) mass is 258 g/mol. The Hall–Kier alpha value is -1.35. The van der Waals surface area contributed by atoms with Gasteiger partial charge in [-0.2, -0.15) is 0 Å². The van der Waals surface area contributed by atoms with Crippen LogP contribution in [-0.4, -0.2) is 29.4 Å². The third-order valence-corrected chi connectivity index (χ3v) is 4.45. The van der Waals surface area contributed by atoms with Gasteiger partial charge >= 0.3 is 0 Å². The standard InChI is InChI=1S/C16H22N2O/c1-11-7-12(2)18(10-11)16(19)15-8-13-5-3-4-6-14(13)9-17-15/h3-6,11-12,15,17H,7-10H2,1-2H3/t11?,12?,15-/m1/s1. The molecule has 3 heteroatoms. The lowest BCUT2D eigenvalue weighted by Crippen LogP contribution is -2.50. The van der Waals surface area contributed by atoms with E-state index in [1.165, 1.54) is 11.1 Å². The summed E-state index contributed by atoms with van der Waals surface area (Å²) in [6, 6.07) is 8.76. The van der Waals surface area contributed by atoms with Crippen molar-refractivity contribution in [3.63, 3.8) is 0 Å². The lowest BCUT2D eigenvalue weighted by atomic mass is 9.95. The summed E-state index contributed by atoms with van der Waals surface area (Å²) in [5, 5.41) is 3.40. The Labute approximate surface area is 115 Å². The molecular formula is C16H22N2O. The van der Waals surface area contributed by atoms with Crippen LogP contribution >= 0.6 is 0 Å². The summed E-state index contributed by atoms with van der Waals surface area (Å²) < 4.78 is 0. The van der Waals surface area contributed by atoms with Gasteiger partial charge in [0.25, 0.3) is 0 Å². The van der Waals surface area contributed by atoms with E-state index in [0.717, 1.165) is 25.9 Å². The zero-order valence-corrected chi connectivity index (χ0v) is 11.7. The quantitative estimate of drug-likeness (QED) is 0.835. The second kappa shape index (κ2) is 4.97. The van der Waals surface area contributed by atoms with Crippen LogP contribution in [0, 0.1) is 5.92 Å². The molecule has 2 heterocycles. The summed E-state index contributed by atoms with van der Waals surface area (Å²) in [4.78, 5) is 14.7. The van der Waals surface area contributed by atoms with Gasteiger partial charge in [0.2, 0.25) is 5.91 Å². The van der Waals surface area contributed by atoms with Gasteiger partial charge in [0.1, 0.15) is 0 Å². The van der Waals surface area contributed by atoms with E-state index in [2.05, 4.69) is 48.3 Å². The highest BCUT2D eigenvalue weighted by Crippen LogP contribution is 2.25. The van der Waals surface area contributed by atoms with Gasteiger partial charge in [-0.3, -0.25) is 4.79 Å². The molecule has 0 saturated carbocycles. The molecule has 0 aromatic heterocycles. The highest BCUT2D eigenvalue weighted by Gasteiger charge is 2.34. The second-order valence-electron chi connectivity index (χ2n) is 6.09. The number of carbonyl (C=O) groups is 1. The first-order valence-corrected chi connectivity index (χ1v) is 7.26. The van der Waals surface area contributed by atoms with Gasteiger partial charge in [-0.1, -0.05) is 31.2 Å². The van der Waals surface area contributed by atoms with Gasteiger partial charge in [0, 0.05) is 19.1 Å². The van der Waals surface area contributed by atoms with Crippen molar-refractivity contribution in [3.8, 4) is 0 Å². The lowest BCUT2D eigenvalue weighted by molar-refractivity contribution is -0.134. The minimum Gasteiger partial charge on any atom is -0.338 e. The summed E-state index contributed by atoms with van der Waals surface area (Å²) in [6.45, 7) is 6.12. The van der Waals surface area contributed by atoms with Gasteiger partial charge in [-0.15, -0.1) is 0 Å². The molecule has 1 fully saturated rings. The summed E-state index contributed by atoms with van der Waals surface area (Å²) in [6.07, 6.45) is 1.96. The van der Waals surface area contributed by atoms with Crippen molar-refractivity contribution < 1.29 is 4.79 Å². The topological polar surface area (TPSA) is 32.3 Å². The second-order valence-corrected chi connectivity index (χ2v) is 6.09. The number of amides is 1. The minimum atomic E-state index is -0.0392. The maximum absolute atomic E-state index is 12.6. The molecule has 3 nitrogen and oxygen atoms in total. The zero-order valence-electron chi connectivity index (χ0n) is 11.7. The molecule has 0 spiro atoms. The molecule has 1 N–H and O–H groups in total. The number of benzene rings is 1. The Morgan fingerprint density at radius 3 is 2.68 bits per heavy atom. The van der Waals surface area contributed by atoms with E-state index in [0.29, 0.717) is 12.0 Å². The molecule has 1 aromatic rings. The van der Waals surface area contributed by atoms with Crippen LogP contribution in [0.1, 0.15) is 31.4 Å². The Morgan fingerprint density at radius 1 is 1.26 bits per heavy atom. The number of hydrogen-bond donors (Lipinski definition) is 1. The third-order valence-electron chi connectivity index (χ3n) is 4.45. The fourth-order valence-electron chi connectivity index (χ4n) is 3.44. The fourth-order valence-corrected chi connectivity index (χ4v) is 3.44. The summed E-state index contributed by atoms with van der Waals surface area (Å²) in [7, 11) is 0. The van der Waals surface area contributed by atoms with Gasteiger partial charge in [-0.05, 0) is 36.8 Å². The molecule has 2 aliphatic rings. The number of hydrogen-bond acceptors (Lipinski definition) is 2. The van der Waals surface area contributed by atoms with Crippen LogP contribution < -0.4 is 5.32 Å². The smallest absolute Gasteiger partial charge is 0.240 e. The van der Waals surface area contributed by atoms with Crippen LogP contribution in [0.25, 0.3) is 0 Å². The Bertz CT molecular complexity index is 485. The maximum atomic E-state index is 12.6. The van der Waals surface area contributed by atoms with Crippen LogP contribution in [-0.2, 0) is 17.8 Å². The molecule has 0 radical (unpaired) electrons. The number of fused-ring (bicyclic) bond motifs is 1. The predicted octanol–water partition coefficient (Wildman–Crippen LogP) is 1.96.